The number of carbonyl (C=O) groups is 2. The third kappa shape index (κ3) is 3.38. The van der Waals surface area contributed by atoms with Crippen LogP contribution in [0.25, 0.3) is 0 Å². The van der Waals surface area contributed by atoms with Crippen LogP contribution in [0.4, 0.5) is 0 Å². The first-order valence-corrected chi connectivity index (χ1v) is 8.28. The Balaban J connectivity index is 1.94. The van der Waals surface area contributed by atoms with Crippen LogP contribution >= 0.6 is 0 Å². The Morgan fingerprint density at radius 3 is 2.67 bits per heavy atom. The van der Waals surface area contributed by atoms with Gasteiger partial charge in [-0.25, -0.2) is 4.79 Å². The molecule has 21 heavy (non-hydrogen) atoms. The number of hydrogen-bond donors (Lipinski definition) is 0. The summed E-state index contributed by atoms with van der Waals surface area (Å²) < 4.78 is 5.23. The first-order chi connectivity index (χ1) is 9.95. The Morgan fingerprint density at radius 1 is 1.29 bits per heavy atom. The molecule has 3 heteroatoms. The van der Waals surface area contributed by atoms with Crippen molar-refractivity contribution >= 4 is 11.8 Å². The highest BCUT2D eigenvalue weighted by molar-refractivity contribution is 5.86. The molecule has 0 aromatic heterocycles. The Labute approximate surface area is 128 Å². The summed E-state index contributed by atoms with van der Waals surface area (Å²) in [5.41, 5.74) is 0. The minimum Gasteiger partial charge on any atom is -0.463 e. The molecule has 0 bridgehead atoms. The maximum Gasteiger partial charge on any atom is 0.330 e. The largest absolute Gasteiger partial charge is 0.463 e. The van der Waals surface area contributed by atoms with E-state index in [9.17, 15) is 9.59 Å². The second kappa shape index (κ2) is 6.76. The Hall–Kier alpha value is -1.12. The van der Waals surface area contributed by atoms with E-state index in [-0.39, 0.29) is 17.8 Å². The van der Waals surface area contributed by atoms with Gasteiger partial charge in [-0.15, -0.1) is 0 Å². The molecule has 6 atom stereocenters. The van der Waals surface area contributed by atoms with Crippen molar-refractivity contribution in [2.24, 2.45) is 35.5 Å². The number of ketones is 1. The van der Waals surface area contributed by atoms with E-state index >= 15 is 0 Å². The van der Waals surface area contributed by atoms with E-state index in [1.807, 2.05) is 0 Å². The smallest absolute Gasteiger partial charge is 0.330 e. The number of ether oxygens (including phenoxy) is 1. The molecular weight excluding hydrogens is 264 g/mol. The summed E-state index contributed by atoms with van der Waals surface area (Å²) in [6.07, 6.45) is 6.24. The fraction of sp³-hybridized carbons (Fsp3) is 0.778. The van der Waals surface area contributed by atoms with Crippen LogP contribution in [-0.4, -0.2) is 18.4 Å². The number of hydrogen-bond acceptors (Lipinski definition) is 3. The van der Waals surface area contributed by atoms with Gasteiger partial charge >= 0.3 is 5.97 Å². The zero-order valence-corrected chi connectivity index (χ0v) is 13.7. The van der Waals surface area contributed by atoms with Gasteiger partial charge in [0.25, 0.3) is 0 Å². The van der Waals surface area contributed by atoms with Gasteiger partial charge in [0.15, 0.2) is 0 Å². The summed E-state index contributed by atoms with van der Waals surface area (Å²) in [5.74, 6) is 2.77. The van der Waals surface area contributed by atoms with Crippen LogP contribution in [0.3, 0.4) is 0 Å². The standard InChI is InChI=1S/C18H28O3/c1-5-6-16(19)21-8-7-15-11(2)9-14-10-12(3)18(20)17(14)13(15)4/h5-6,11-15,17H,7-10H2,1-4H3/b6-5-/t11?,12-,13?,14?,15?,17?/m0/s1. The highest BCUT2D eigenvalue weighted by Gasteiger charge is 2.49. The lowest BCUT2D eigenvalue weighted by Crippen LogP contribution is -2.39. The van der Waals surface area contributed by atoms with Crippen molar-refractivity contribution in [3.63, 3.8) is 0 Å². The monoisotopic (exact) mass is 292 g/mol. The summed E-state index contributed by atoms with van der Waals surface area (Å²) in [6.45, 7) is 8.86. The molecule has 0 aromatic rings. The summed E-state index contributed by atoms with van der Waals surface area (Å²) in [4.78, 5) is 23.7. The second-order valence-corrected chi connectivity index (χ2v) is 7.02. The van der Waals surface area contributed by atoms with Crippen LogP contribution in [-0.2, 0) is 14.3 Å². The molecule has 0 amide bonds. The highest BCUT2D eigenvalue weighted by atomic mass is 16.5. The van der Waals surface area contributed by atoms with Crippen molar-refractivity contribution in [1.82, 2.24) is 0 Å². The second-order valence-electron chi connectivity index (χ2n) is 7.02. The lowest BCUT2D eigenvalue weighted by Gasteiger charge is -2.41. The number of fused-ring (bicyclic) bond motifs is 1. The molecule has 0 heterocycles. The van der Waals surface area contributed by atoms with Gasteiger partial charge in [-0.3, -0.25) is 4.79 Å². The molecule has 0 aliphatic heterocycles. The molecule has 0 radical (unpaired) electrons. The molecule has 2 saturated carbocycles. The number of allylic oxidation sites excluding steroid dienone is 1. The van der Waals surface area contributed by atoms with E-state index in [1.165, 1.54) is 6.08 Å². The van der Waals surface area contributed by atoms with Crippen molar-refractivity contribution in [1.29, 1.82) is 0 Å². The van der Waals surface area contributed by atoms with Crippen LogP contribution < -0.4 is 0 Å². The molecule has 0 aromatic carbocycles. The van der Waals surface area contributed by atoms with Crippen LogP contribution in [0.5, 0.6) is 0 Å². The number of Topliss-reactive ketones (excluding diaryl/α,β-unsaturated/α-hetero) is 1. The fourth-order valence-corrected chi connectivity index (χ4v) is 4.67. The lowest BCUT2D eigenvalue weighted by atomic mass is 9.63. The van der Waals surface area contributed by atoms with E-state index in [0.717, 1.165) is 19.3 Å². The van der Waals surface area contributed by atoms with Crippen molar-refractivity contribution < 1.29 is 14.3 Å². The van der Waals surface area contributed by atoms with Gasteiger partial charge in [0.1, 0.15) is 5.78 Å². The Kier molecular flexibility index (Phi) is 5.23. The van der Waals surface area contributed by atoms with Crippen molar-refractivity contribution in [2.45, 2.75) is 47.0 Å². The van der Waals surface area contributed by atoms with Crippen LogP contribution in [0.2, 0.25) is 0 Å². The molecule has 0 N–H and O–H groups in total. The minimum atomic E-state index is -0.267. The molecule has 0 saturated heterocycles. The summed E-state index contributed by atoms with van der Waals surface area (Å²) in [6, 6.07) is 0. The fourth-order valence-electron chi connectivity index (χ4n) is 4.67. The van der Waals surface area contributed by atoms with Gasteiger partial charge in [0, 0.05) is 17.9 Å². The van der Waals surface area contributed by atoms with Gasteiger partial charge in [-0.1, -0.05) is 26.8 Å². The van der Waals surface area contributed by atoms with Gasteiger partial charge in [0.2, 0.25) is 0 Å². The third-order valence-corrected chi connectivity index (χ3v) is 5.62. The summed E-state index contributed by atoms with van der Waals surface area (Å²) in [7, 11) is 0. The van der Waals surface area contributed by atoms with Gasteiger partial charge in [-0.2, -0.15) is 0 Å². The van der Waals surface area contributed by atoms with E-state index in [1.54, 1.807) is 13.0 Å². The minimum absolute atomic E-state index is 0.237. The maximum atomic E-state index is 12.4. The molecule has 3 nitrogen and oxygen atoms in total. The molecular formula is C18H28O3. The average molecular weight is 292 g/mol. The predicted octanol–water partition coefficient (Wildman–Crippen LogP) is 3.63. The van der Waals surface area contributed by atoms with Crippen LogP contribution in [0.1, 0.15) is 47.0 Å². The maximum absolute atomic E-state index is 12.4. The lowest BCUT2D eigenvalue weighted by molar-refractivity contribution is -0.139. The highest BCUT2D eigenvalue weighted by Crippen LogP contribution is 2.50. The molecule has 2 aliphatic carbocycles. The Morgan fingerprint density at radius 2 is 2.00 bits per heavy atom. The number of esters is 1. The van der Waals surface area contributed by atoms with Gasteiger partial charge in [-0.05, 0) is 49.9 Å². The first-order valence-electron chi connectivity index (χ1n) is 8.28. The first kappa shape index (κ1) is 16.3. The number of rotatable bonds is 4. The van der Waals surface area contributed by atoms with Crippen LogP contribution in [0.15, 0.2) is 12.2 Å². The normalized spacial score (nSPS) is 39.5. The molecule has 118 valence electrons. The average Bonchev–Trinajstić information content (AvgIpc) is 2.69. The topological polar surface area (TPSA) is 43.4 Å². The van der Waals surface area contributed by atoms with Crippen molar-refractivity contribution in [3.8, 4) is 0 Å². The summed E-state index contributed by atoms with van der Waals surface area (Å²) in [5, 5.41) is 0. The van der Waals surface area contributed by atoms with Gasteiger partial charge in [0.05, 0.1) is 6.61 Å². The molecule has 2 rings (SSSR count). The SMILES string of the molecule is C/C=C\C(=O)OCCC1C(C)CC2C[C@H](C)C(=O)C2C1C. The quantitative estimate of drug-likeness (QED) is 0.587. The Bertz CT molecular complexity index is 426. The third-order valence-electron chi connectivity index (χ3n) is 5.62. The van der Waals surface area contributed by atoms with Crippen molar-refractivity contribution in [3.05, 3.63) is 12.2 Å². The van der Waals surface area contributed by atoms with E-state index in [4.69, 9.17) is 4.74 Å². The summed E-state index contributed by atoms with van der Waals surface area (Å²) >= 11 is 0. The number of carbonyl (C=O) groups excluding carboxylic acids is 2. The van der Waals surface area contributed by atoms with Crippen LogP contribution in [0, 0.1) is 35.5 Å². The molecule has 2 aliphatic rings. The zero-order valence-electron chi connectivity index (χ0n) is 13.7. The molecule has 0 spiro atoms. The van der Waals surface area contributed by atoms with E-state index in [0.29, 0.717) is 36.1 Å². The van der Waals surface area contributed by atoms with E-state index in [2.05, 4.69) is 20.8 Å². The zero-order chi connectivity index (χ0) is 15.6. The predicted molar refractivity (Wildman–Crippen MR) is 82.6 cm³/mol. The molecule has 5 unspecified atom stereocenters. The van der Waals surface area contributed by atoms with Gasteiger partial charge < -0.3 is 4.74 Å². The van der Waals surface area contributed by atoms with E-state index < -0.39 is 0 Å². The molecule has 2 fully saturated rings. The van der Waals surface area contributed by atoms with Crippen molar-refractivity contribution in [2.75, 3.05) is 6.61 Å².